The molecule has 1 aromatic rings. The molecule has 1 rings (SSSR count). The second-order valence-corrected chi connectivity index (χ2v) is 6.45. The first-order chi connectivity index (χ1) is 9.62. The number of rotatable bonds is 4. The Balaban J connectivity index is 2.87. The van der Waals surface area contributed by atoms with Gasteiger partial charge in [-0.3, -0.25) is 0 Å². The van der Waals surface area contributed by atoms with Crippen LogP contribution in [0.15, 0.2) is 24.3 Å². The Morgan fingerprint density at radius 3 is 2.19 bits per heavy atom. The standard InChI is InChI=1S/C16H24N2O3/c1-10(2)13(14(19)20)18-15(21)17-12-9-7-6-8-11(12)16(3,4)5/h6-10,13H,1-5H3,(H,19,20)(H2,17,18,21)/t13-/m0/s1. The molecule has 0 spiro atoms. The van der Waals surface area contributed by atoms with E-state index in [0.717, 1.165) is 5.56 Å². The predicted molar refractivity (Wildman–Crippen MR) is 83.6 cm³/mol. The SMILES string of the molecule is CC(C)[C@H](NC(=O)Nc1ccccc1C(C)(C)C)C(=O)O. The van der Waals surface area contributed by atoms with Crippen LogP contribution in [-0.4, -0.2) is 23.1 Å². The molecule has 2 amide bonds. The zero-order valence-corrected chi connectivity index (χ0v) is 13.2. The Bertz CT molecular complexity index is 518. The molecule has 5 heteroatoms. The number of nitrogens with one attached hydrogen (secondary N) is 2. The van der Waals surface area contributed by atoms with Crippen molar-refractivity contribution in [2.75, 3.05) is 5.32 Å². The molecule has 0 radical (unpaired) electrons. The summed E-state index contributed by atoms with van der Waals surface area (Å²) >= 11 is 0. The largest absolute Gasteiger partial charge is 0.480 e. The van der Waals surface area contributed by atoms with Crippen molar-refractivity contribution in [2.45, 2.75) is 46.1 Å². The number of anilines is 1. The predicted octanol–water partition coefficient (Wildman–Crippen LogP) is 3.21. The number of carboxylic acid groups (broad SMARTS) is 1. The zero-order valence-electron chi connectivity index (χ0n) is 13.2. The number of carbonyl (C=O) groups excluding carboxylic acids is 1. The van der Waals surface area contributed by atoms with Crippen molar-refractivity contribution in [1.29, 1.82) is 0 Å². The van der Waals surface area contributed by atoms with E-state index in [9.17, 15) is 9.59 Å². The molecule has 0 fully saturated rings. The number of benzene rings is 1. The van der Waals surface area contributed by atoms with E-state index in [1.165, 1.54) is 0 Å². The second kappa shape index (κ2) is 6.61. The summed E-state index contributed by atoms with van der Waals surface area (Å²) < 4.78 is 0. The number of hydrogen-bond acceptors (Lipinski definition) is 2. The molecule has 0 saturated heterocycles. The minimum Gasteiger partial charge on any atom is -0.480 e. The molecule has 0 aromatic heterocycles. The van der Waals surface area contributed by atoms with Crippen LogP contribution in [0.3, 0.4) is 0 Å². The molecule has 0 bridgehead atoms. The third kappa shape index (κ3) is 4.77. The summed E-state index contributed by atoms with van der Waals surface area (Å²) in [6, 6.07) is 6.09. The third-order valence-corrected chi connectivity index (χ3v) is 3.20. The van der Waals surface area contributed by atoms with E-state index in [2.05, 4.69) is 31.4 Å². The molecular weight excluding hydrogens is 268 g/mol. The van der Waals surface area contributed by atoms with Gasteiger partial charge in [-0.2, -0.15) is 0 Å². The fourth-order valence-electron chi connectivity index (χ4n) is 2.06. The first-order valence-corrected chi connectivity index (χ1v) is 7.02. The summed E-state index contributed by atoms with van der Waals surface area (Å²) in [5.41, 5.74) is 1.57. The highest BCUT2D eigenvalue weighted by molar-refractivity contribution is 5.93. The molecule has 0 saturated carbocycles. The van der Waals surface area contributed by atoms with E-state index in [0.29, 0.717) is 5.69 Å². The van der Waals surface area contributed by atoms with Gasteiger partial charge in [-0.1, -0.05) is 52.8 Å². The Hall–Kier alpha value is -2.04. The van der Waals surface area contributed by atoms with Crippen molar-refractivity contribution in [3.05, 3.63) is 29.8 Å². The van der Waals surface area contributed by atoms with E-state index in [4.69, 9.17) is 5.11 Å². The van der Waals surface area contributed by atoms with Crippen molar-refractivity contribution in [3.8, 4) is 0 Å². The van der Waals surface area contributed by atoms with Gasteiger partial charge < -0.3 is 15.7 Å². The molecule has 0 aliphatic rings. The van der Waals surface area contributed by atoms with Crippen LogP contribution < -0.4 is 10.6 Å². The minimum atomic E-state index is -1.04. The summed E-state index contributed by atoms with van der Waals surface area (Å²) in [7, 11) is 0. The normalized spacial score (nSPS) is 12.9. The summed E-state index contributed by atoms with van der Waals surface area (Å²) in [4.78, 5) is 23.1. The smallest absolute Gasteiger partial charge is 0.326 e. The van der Waals surface area contributed by atoms with Crippen molar-refractivity contribution in [1.82, 2.24) is 5.32 Å². The van der Waals surface area contributed by atoms with Gasteiger partial charge in [-0.05, 0) is 23.0 Å². The lowest BCUT2D eigenvalue weighted by Gasteiger charge is -2.24. The van der Waals surface area contributed by atoms with Gasteiger partial charge in [0.25, 0.3) is 0 Å². The molecular formula is C16H24N2O3. The van der Waals surface area contributed by atoms with Gasteiger partial charge >= 0.3 is 12.0 Å². The highest BCUT2D eigenvalue weighted by atomic mass is 16.4. The number of hydrogen-bond donors (Lipinski definition) is 3. The van der Waals surface area contributed by atoms with Crippen LogP contribution in [-0.2, 0) is 10.2 Å². The average molecular weight is 292 g/mol. The van der Waals surface area contributed by atoms with Crippen molar-refractivity contribution < 1.29 is 14.7 Å². The molecule has 3 N–H and O–H groups in total. The van der Waals surface area contributed by atoms with Crippen LogP contribution in [0.2, 0.25) is 0 Å². The lowest BCUT2D eigenvalue weighted by atomic mass is 9.86. The Labute approximate surface area is 125 Å². The second-order valence-electron chi connectivity index (χ2n) is 6.45. The van der Waals surface area contributed by atoms with Gasteiger partial charge in [0, 0.05) is 5.69 Å². The summed E-state index contributed by atoms with van der Waals surface area (Å²) in [5.74, 6) is -1.23. The first kappa shape index (κ1) is 17.0. The first-order valence-electron chi connectivity index (χ1n) is 7.02. The monoisotopic (exact) mass is 292 g/mol. The van der Waals surface area contributed by atoms with Crippen LogP contribution in [0.5, 0.6) is 0 Å². The molecule has 1 aromatic carbocycles. The van der Waals surface area contributed by atoms with Gasteiger partial charge in [0.15, 0.2) is 0 Å². The third-order valence-electron chi connectivity index (χ3n) is 3.20. The van der Waals surface area contributed by atoms with Crippen LogP contribution in [0.4, 0.5) is 10.5 Å². The maximum atomic E-state index is 12.0. The highest BCUT2D eigenvalue weighted by Crippen LogP contribution is 2.29. The Morgan fingerprint density at radius 2 is 1.71 bits per heavy atom. The highest BCUT2D eigenvalue weighted by Gasteiger charge is 2.24. The quantitative estimate of drug-likeness (QED) is 0.797. The Kier molecular flexibility index (Phi) is 5.35. The van der Waals surface area contributed by atoms with E-state index in [-0.39, 0.29) is 11.3 Å². The fourth-order valence-corrected chi connectivity index (χ4v) is 2.06. The van der Waals surface area contributed by atoms with Gasteiger partial charge in [-0.15, -0.1) is 0 Å². The van der Waals surface area contributed by atoms with Crippen LogP contribution in [0.25, 0.3) is 0 Å². The maximum Gasteiger partial charge on any atom is 0.326 e. The van der Waals surface area contributed by atoms with Gasteiger partial charge in [-0.25, -0.2) is 9.59 Å². The zero-order chi connectivity index (χ0) is 16.2. The van der Waals surface area contributed by atoms with Gasteiger partial charge in [0.1, 0.15) is 6.04 Å². The average Bonchev–Trinajstić information content (AvgIpc) is 2.34. The van der Waals surface area contributed by atoms with E-state index in [1.807, 2.05) is 24.3 Å². The van der Waals surface area contributed by atoms with Crippen LogP contribution in [0.1, 0.15) is 40.2 Å². The topological polar surface area (TPSA) is 78.4 Å². The van der Waals surface area contributed by atoms with Gasteiger partial charge in [0.05, 0.1) is 0 Å². The van der Waals surface area contributed by atoms with Crippen LogP contribution >= 0.6 is 0 Å². The van der Waals surface area contributed by atoms with E-state index < -0.39 is 18.0 Å². The van der Waals surface area contributed by atoms with Crippen molar-refractivity contribution in [3.63, 3.8) is 0 Å². The van der Waals surface area contributed by atoms with E-state index >= 15 is 0 Å². The summed E-state index contributed by atoms with van der Waals surface area (Å²) in [6.45, 7) is 9.67. The number of carboxylic acids is 1. The number of carbonyl (C=O) groups is 2. The number of aliphatic carboxylic acids is 1. The van der Waals surface area contributed by atoms with E-state index in [1.54, 1.807) is 13.8 Å². The maximum absolute atomic E-state index is 12.0. The fraction of sp³-hybridized carbons (Fsp3) is 0.500. The summed E-state index contributed by atoms with van der Waals surface area (Å²) in [5, 5.41) is 14.3. The number of amides is 2. The molecule has 0 heterocycles. The Morgan fingerprint density at radius 1 is 1.14 bits per heavy atom. The van der Waals surface area contributed by atoms with Crippen molar-refractivity contribution >= 4 is 17.7 Å². The van der Waals surface area contributed by atoms with Crippen LogP contribution in [0, 0.1) is 5.92 Å². The number of para-hydroxylation sites is 1. The number of urea groups is 1. The van der Waals surface area contributed by atoms with Gasteiger partial charge in [0.2, 0.25) is 0 Å². The molecule has 0 aliphatic heterocycles. The molecule has 1 atom stereocenters. The van der Waals surface area contributed by atoms with Crippen molar-refractivity contribution in [2.24, 2.45) is 5.92 Å². The lowest BCUT2D eigenvalue weighted by molar-refractivity contribution is -0.140. The molecule has 116 valence electrons. The molecule has 0 unspecified atom stereocenters. The summed E-state index contributed by atoms with van der Waals surface area (Å²) in [6.07, 6.45) is 0. The minimum absolute atomic E-state index is 0.117. The molecule has 5 nitrogen and oxygen atoms in total. The molecule has 0 aliphatic carbocycles. The molecule has 21 heavy (non-hydrogen) atoms. The lowest BCUT2D eigenvalue weighted by Crippen LogP contribution is -2.46.